The zero-order valence-corrected chi connectivity index (χ0v) is 14.3. The molecule has 0 atom stereocenters. The maximum atomic E-state index is 12.6. The minimum atomic E-state index is -3.86. The van der Waals surface area contributed by atoms with Crippen LogP contribution in [-0.2, 0) is 10.0 Å². The van der Waals surface area contributed by atoms with Crippen molar-refractivity contribution in [3.05, 3.63) is 47.3 Å². The van der Waals surface area contributed by atoms with E-state index in [4.69, 9.17) is 25.3 Å². The van der Waals surface area contributed by atoms with Crippen LogP contribution in [0.2, 0.25) is 5.02 Å². The first-order valence-electron chi connectivity index (χ1n) is 6.78. The standard InChI is InChI=1S/C15H13ClN2O5S/c1-9-15(8-14(22-9)13-5-6-17-23-13)24(19,20)18-10-3-4-12(21-2)11(16)7-10/h3-8,18H,1-2H3. The summed E-state index contributed by atoms with van der Waals surface area (Å²) >= 11 is 6.01. The second-order valence-corrected chi connectivity index (χ2v) is 6.92. The molecule has 0 spiro atoms. The molecule has 0 saturated carbocycles. The number of aromatic nitrogens is 1. The van der Waals surface area contributed by atoms with Gasteiger partial charge in [-0.05, 0) is 25.1 Å². The van der Waals surface area contributed by atoms with E-state index in [2.05, 4.69) is 9.88 Å². The van der Waals surface area contributed by atoms with Crippen LogP contribution in [0, 0.1) is 6.92 Å². The SMILES string of the molecule is COc1ccc(NS(=O)(=O)c2cc(-c3ccno3)oc2C)cc1Cl. The van der Waals surface area contributed by atoms with Gasteiger partial charge in [-0.3, -0.25) is 4.72 Å². The van der Waals surface area contributed by atoms with E-state index in [1.807, 2.05) is 0 Å². The van der Waals surface area contributed by atoms with Gasteiger partial charge >= 0.3 is 0 Å². The summed E-state index contributed by atoms with van der Waals surface area (Å²) in [5.74, 6) is 1.30. The van der Waals surface area contributed by atoms with E-state index in [1.54, 1.807) is 25.1 Å². The van der Waals surface area contributed by atoms with Gasteiger partial charge in [0.15, 0.2) is 5.76 Å². The zero-order chi connectivity index (χ0) is 17.3. The lowest BCUT2D eigenvalue weighted by Crippen LogP contribution is -2.13. The lowest BCUT2D eigenvalue weighted by Gasteiger charge is -2.09. The number of rotatable bonds is 5. The third-order valence-electron chi connectivity index (χ3n) is 3.25. The molecule has 2 aromatic heterocycles. The number of furan rings is 1. The zero-order valence-electron chi connectivity index (χ0n) is 12.7. The molecule has 0 bridgehead atoms. The van der Waals surface area contributed by atoms with Crippen LogP contribution in [0.3, 0.4) is 0 Å². The van der Waals surface area contributed by atoms with Crippen LogP contribution in [0.1, 0.15) is 5.76 Å². The number of anilines is 1. The molecule has 0 aliphatic rings. The van der Waals surface area contributed by atoms with Crippen molar-refractivity contribution in [2.75, 3.05) is 11.8 Å². The second-order valence-electron chi connectivity index (χ2n) is 4.86. The molecule has 1 N–H and O–H groups in total. The van der Waals surface area contributed by atoms with Gasteiger partial charge in [0.05, 0.1) is 24.0 Å². The molecule has 24 heavy (non-hydrogen) atoms. The number of sulfonamides is 1. The first-order valence-corrected chi connectivity index (χ1v) is 8.64. The minimum Gasteiger partial charge on any atom is -0.495 e. The molecule has 0 unspecified atom stereocenters. The monoisotopic (exact) mass is 368 g/mol. The van der Waals surface area contributed by atoms with E-state index in [9.17, 15) is 8.42 Å². The second kappa shape index (κ2) is 6.21. The van der Waals surface area contributed by atoms with E-state index in [0.29, 0.717) is 22.2 Å². The predicted octanol–water partition coefficient (Wildman–Crippen LogP) is 3.71. The first kappa shape index (κ1) is 16.4. The van der Waals surface area contributed by atoms with E-state index in [1.165, 1.54) is 25.4 Å². The third-order valence-corrected chi connectivity index (χ3v) is 5.03. The topological polar surface area (TPSA) is 94.6 Å². The van der Waals surface area contributed by atoms with Gasteiger partial charge in [-0.1, -0.05) is 16.8 Å². The predicted molar refractivity (Wildman–Crippen MR) is 87.8 cm³/mol. The molecule has 7 nitrogen and oxygen atoms in total. The molecule has 1 aromatic carbocycles. The van der Waals surface area contributed by atoms with Crippen LogP contribution in [0.15, 0.2) is 50.4 Å². The summed E-state index contributed by atoms with van der Waals surface area (Å²) in [5.41, 5.74) is 0.308. The van der Waals surface area contributed by atoms with Crippen molar-refractivity contribution in [3.8, 4) is 17.3 Å². The normalized spacial score (nSPS) is 11.5. The molecule has 3 aromatic rings. The van der Waals surface area contributed by atoms with Gasteiger partial charge in [-0.25, -0.2) is 8.42 Å². The molecule has 3 rings (SSSR count). The number of methoxy groups -OCH3 is 1. The Kier molecular flexibility index (Phi) is 4.25. The van der Waals surface area contributed by atoms with Crippen molar-refractivity contribution in [1.82, 2.24) is 5.16 Å². The molecule has 0 aliphatic heterocycles. The van der Waals surface area contributed by atoms with Gasteiger partial charge in [0.2, 0.25) is 5.76 Å². The van der Waals surface area contributed by atoms with Crippen LogP contribution in [-0.4, -0.2) is 20.7 Å². The smallest absolute Gasteiger partial charge is 0.265 e. The summed E-state index contributed by atoms with van der Waals surface area (Å²) in [6, 6.07) is 7.54. The van der Waals surface area contributed by atoms with Crippen LogP contribution in [0.5, 0.6) is 5.75 Å². The molecule has 0 radical (unpaired) electrons. The molecule has 0 fully saturated rings. The van der Waals surface area contributed by atoms with Gasteiger partial charge in [0.25, 0.3) is 10.0 Å². The number of hydrogen-bond acceptors (Lipinski definition) is 6. The maximum Gasteiger partial charge on any atom is 0.265 e. The maximum absolute atomic E-state index is 12.6. The van der Waals surface area contributed by atoms with Crippen LogP contribution in [0.25, 0.3) is 11.5 Å². The highest BCUT2D eigenvalue weighted by Crippen LogP contribution is 2.31. The Morgan fingerprint density at radius 3 is 2.62 bits per heavy atom. The number of aryl methyl sites for hydroxylation is 1. The van der Waals surface area contributed by atoms with Crippen LogP contribution >= 0.6 is 11.6 Å². The number of benzene rings is 1. The van der Waals surface area contributed by atoms with Crippen molar-refractivity contribution in [3.63, 3.8) is 0 Å². The van der Waals surface area contributed by atoms with Crippen LogP contribution in [0.4, 0.5) is 5.69 Å². The lowest BCUT2D eigenvalue weighted by atomic mass is 10.3. The van der Waals surface area contributed by atoms with Crippen molar-refractivity contribution in [2.45, 2.75) is 11.8 Å². The Labute approximate surface area is 143 Å². The van der Waals surface area contributed by atoms with Gasteiger partial charge < -0.3 is 13.7 Å². The average molecular weight is 369 g/mol. The Morgan fingerprint density at radius 2 is 2.00 bits per heavy atom. The van der Waals surface area contributed by atoms with Crippen molar-refractivity contribution in [1.29, 1.82) is 0 Å². The third kappa shape index (κ3) is 3.10. The number of hydrogen-bond donors (Lipinski definition) is 1. The molecular formula is C15H13ClN2O5S. The number of halogens is 1. The highest BCUT2D eigenvalue weighted by molar-refractivity contribution is 7.92. The Hall–Kier alpha value is -2.45. The van der Waals surface area contributed by atoms with Gasteiger partial charge in [0.1, 0.15) is 16.4 Å². The molecule has 2 heterocycles. The summed E-state index contributed by atoms with van der Waals surface area (Å²) in [4.78, 5) is 0.000778. The largest absolute Gasteiger partial charge is 0.495 e. The summed E-state index contributed by atoms with van der Waals surface area (Å²) in [6.45, 7) is 1.55. The van der Waals surface area contributed by atoms with Crippen LogP contribution < -0.4 is 9.46 Å². The minimum absolute atomic E-state index is 0.000778. The Morgan fingerprint density at radius 1 is 1.21 bits per heavy atom. The fraction of sp³-hybridized carbons (Fsp3) is 0.133. The van der Waals surface area contributed by atoms with E-state index in [0.717, 1.165) is 0 Å². The highest BCUT2D eigenvalue weighted by Gasteiger charge is 2.23. The highest BCUT2D eigenvalue weighted by atomic mass is 35.5. The Bertz CT molecular complexity index is 964. The van der Waals surface area contributed by atoms with Gasteiger partial charge in [-0.2, -0.15) is 0 Å². The lowest BCUT2D eigenvalue weighted by molar-refractivity contribution is 0.414. The number of nitrogens with one attached hydrogen (secondary N) is 1. The molecule has 0 aliphatic carbocycles. The summed E-state index contributed by atoms with van der Waals surface area (Å²) in [5, 5.41) is 3.86. The van der Waals surface area contributed by atoms with Crippen molar-refractivity contribution in [2.24, 2.45) is 0 Å². The molecular weight excluding hydrogens is 356 g/mol. The fourth-order valence-electron chi connectivity index (χ4n) is 2.14. The van der Waals surface area contributed by atoms with E-state index in [-0.39, 0.29) is 16.4 Å². The number of nitrogens with zero attached hydrogens (tertiary/aromatic N) is 1. The summed E-state index contributed by atoms with van der Waals surface area (Å²) < 4.78 is 43.1. The van der Waals surface area contributed by atoms with Crippen molar-refractivity contribution < 1.29 is 22.1 Å². The molecule has 126 valence electrons. The summed E-state index contributed by atoms with van der Waals surface area (Å²) in [6.07, 6.45) is 1.44. The van der Waals surface area contributed by atoms with E-state index >= 15 is 0 Å². The van der Waals surface area contributed by atoms with Gasteiger partial charge in [-0.15, -0.1) is 0 Å². The molecule has 9 heteroatoms. The molecule has 0 amide bonds. The quantitative estimate of drug-likeness (QED) is 0.737. The number of ether oxygens (including phenoxy) is 1. The average Bonchev–Trinajstić information content (AvgIpc) is 3.16. The molecule has 0 saturated heterocycles. The Balaban J connectivity index is 1.92. The van der Waals surface area contributed by atoms with Crippen molar-refractivity contribution >= 4 is 27.3 Å². The fourth-order valence-corrected chi connectivity index (χ4v) is 3.62. The van der Waals surface area contributed by atoms with Gasteiger partial charge in [0, 0.05) is 12.1 Å². The summed E-state index contributed by atoms with van der Waals surface area (Å²) in [7, 11) is -2.38. The van der Waals surface area contributed by atoms with E-state index < -0.39 is 10.0 Å². The first-order chi connectivity index (χ1) is 11.4.